The molecule has 19 heavy (non-hydrogen) atoms. The van der Waals surface area contributed by atoms with Crippen molar-refractivity contribution < 1.29 is 4.79 Å². The van der Waals surface area contributed by atoms with E-state index in [2.05, 4.69) is 23.2 Å². The van der Waals surface area contributed by atoms with E-state index < -0.39 is 0 Å². The van der Waals surface area contributed by atoms with Crippen molar-refractivity contribution in [3.8, 4) is 0 Å². The first-order valence-electron chi connectivity index (χ1n) is 6.19. The van der Waals surface area contributed by atoms with E-state index in [1.807, 2.05) is 29.6 Å². The lowest BCUT2D eigenvalue weighted by atomic mass is 10.00. The van der Waals surface area contributed by atoms with E-state index in [4.69, 9.17) is 0 Å². The number of Topliss-reactive ketones (excluding diaryl/α,β-unsaturated/α-hetero) is 1. The van der Waals surface area contributed by atoms with Crippen molar-refractivity contribution in [3.05, 3.63) is 64.6 Å². The van der Waals surface area contributed by atoms with Gasteiger partial charge in [-0.25, -0.2) is 4.98 Å². The predicted octanol–water partition coefficient (Wildman–Crippen LogP) is 3.65. The number of thiazole rings is 1. The Bertz CT molecular complexity index is 698. The van der Waals surface area contributed by atoms with Crippen LogP contribution in [-0.2, 0) is 17.6 Å². The van der Waals surface area contributed by atoms with Gasteiger partial charge in [-0.2, -0.15) is 0 Å². The molecule has 0 saturated carbocycles. The second-order valence-corrected chi connectivity index (χ2v) is 5.44. The van der Waals surface area contributed by atoms with Gasteiger partial charge in [-0.15, -0.1) is 11.3 Å². The molecule has 0 aliphatic heterocycles. The van der Waals surface area contributed by atoms with Crippen molar-refractivity contribution in [3.63, 3.8) is 0 Å². The van der Waals surface area contributed by atoms with Crippen LogP contribution >= 0.6 is 11.3 Å². The molecule has 0 fully saturated rings. The monoisotopic (exact) mass is 267 g/mol. The van der Waals surface area contributed by atoms with Gasteiger partial charge in [0, 0.05) is 18.0 Å². The molecule has 0 unspecified atom stereocenters. The zero-order valence-electron chi connectivity index (χ0n) is 10.4. The molecule has 0 amide bonds. The largest absolute Gasteiger partial charge is 0.299 e. The first kappa shape index (κ1) is 12.1. The van der Waals surface area contributed by atoms with E-state index in [1.165, 1.54) is 16.7 Å². The van der Waals surface area contributed by atoms with Crippen molar-refractivity contribution in [2.75, 3.05) is 0 Å². The Morgan fingerprint density at radius 2 is 1.89 bits per heavy atom. The van der Waals surface area contributed by atoms with Crippen LogP contribution in [0.15, 0.2) is 54.0 Å². The van der Waals surface area contributed by atoms with Crippen LogP contribution in [0.2, 0.25) is 0 Å². The molecule has 0 radical (unpaired) electrons. The Morgan fingerprint density at radius 1 is 1.05 bits per heavy atom. The molecule has 0 bridgehead atoms. The van der Waals surface area contributed by atoms with Crippen LogP contribution in [0.4, 0.5) is 0 Å². The van der Waals surface area contributed by atoms with Crippen molar-refractivity contribution in [2.45, 2.75) is 12.8 Å². The van der Waals surface area contributed by atoms with E-state index in [0.29, 0.717) is 12.8 Å². The summed E-state index contributed by atoms with van der Waals surface area (Å²) in [5, 5.41) is 5.14. The Labute approximate surface area is 115 Å². The van der Waals surface area contributed by atoms with Crippen molar-refractivity contribution in [1.29, 1.82) is 0 Å². The smallest absolute Gasteiger partial charge is 0.144 e. The molecule has 3 heteroatoms. The minimum absolute atomic E-state index is 0.214. The summed E-state index contributed by atoms with van der Waals surface area (Å²) in [5.74, 6) is 0.214. The van der Waals surface area contributed by atoms with Crippen LogP contribution in [0, 0.1) is 0 Å². The van der Waals surface area contributed by atoms with Crippen LogP contribution in [-0.4, -0.2) is 10.8 Å². The lowest BCUT2D eigenvalue weighted by Crippen LogP contribution is -2.06. The molecule has 1 aromatic heterocycles. The fourth-order valence-electron chi connectivity index (χ4n) is 2.23. The fraction of sp³-hybridized carbons (Fsp3) is 0.125. The molecule has 0 saturated heterocycles. The minimum atomic E-state index is 0.214. The van der Waals surface area contributed by atoms with Crippen LogP contribution in [0.5, 0.6) is 0 Å². The number of nitrogens with zero attached hydrogens (tertiary/aromatic N) is 1. The number of carbonyl (C=O) groups is 1. The normalized spacial score (nSPS) is 10.7. The van der Waals surface area contributed by atoms with Gasteiger partial charge in [0.05, 0.1) is 11.4 Å². The Hall–Kier alpha value is -2.00. The van der Waals surface area contributed by atoms with E-state index >= 15 is 0 Å². The summed E-state index contributed by atoms with van der Waals surface area (Å²) in [6, 6.07) is 14.3. The van der Waals surface area contributed by atoms with E-state index in [0.717, 1.165) is 16.0 Å². The lowest BCUT2D eigenvalue weighted by molar-refractivity contribution is -0.117. The topological polar surface area (TPSA) is 30.0 Å². The number of aromatic nitrogens is 1. The molecule has 1 heterocycles. The molecule has 3 aromatic rings. The molecule has 0 atom stereocenters. The fourth-order valence-corrected chi connectivity index (χ4v) is 2.88. The van der Waals surface area contributed by atoms with Crippen LogP contribution in [0.25, 0.3) is 10.8 Å². The molecule has 2 aromatic carbocycles. The number of rotatable bonds is 4. The summed E-state index contributed by atoms with van der Waals surface area (Å²) < 4.78 is 0. The first-order chi connectivity index (χ1) is 9.33. The molecule has 2 nitrogen and oxygen atoms in total. The predicted molar refractivity (Wildman–Crippen MR) is 78.5 cm³/mol. The van der Waals surface area contributed by atoms with Crippen LogP contribution < -0.4 is 0 Å². The Kier molecular flexibility index (Phi) is 3.38. The molecule has 0 aliphatic carbocycles. The van der Waals surface area contributed by atoms with E-state index in [-0.39, 0.29) is 5.78 Å². The highest BCUT2D eigenvalue weighted by Crippen LogP contribution is 2.19. The maximum atomic E-state index is 12.1. The van der Waals surface area contributed by atoms with Crippen LogP contribution in [0.1, 0.15) is 10.6 Å². The summed E-state index contributed by atoms with van der Waals surface area (Å²) >= 11 is 1.53. The van der Waals surface area contributed by atoms with Gasteiger partial charge >= 0.3 is 0 Å². The zero-order chi connectivity index (χ0) is 13.1. The second kappa shape index (κ2) is 5.33. The second-order valence-electron chi connectivity index (χ2n) is 4.46. The number of fused-ring (bicyclic) bond motifs is 1. The van der Waals surface area contributed by atoms with E-state index in [1.54, 1.807) is 6.20 Å². The van der Waals surface area contributed by atoms with E-state index in [9.17, 15) is 4.79 Å². The third-order valence-corrected chi connectivity index (χ3v) is 3.88. The number of hydrogen-bond acceptors (Lipinski definition) is 3. The Morgan fingerprint density at radius 3 is 2.74 bits per heavy atom. The average Bonchev–Trinajstić information content (AvgIpc) is 2.92. The van der Waals surface area contributed by atoms with Crippen molar-refractivity contribution in [2.24, 2.45) is 0 Å². The average molecular weight is 267 g/mol. The standard InChI is InChI=1S/C16H13NOS/c18-14(11-16-17-8-9-19-16)10-13-6-3-5-12-4-1-2-7-15(12)13/h1-9H,10-11H2. The summed E-state index contributed by atoms with van der Waals surface area (Å²) in [6.07, 6.45) is 2.65. The third-order valence-electron chi connectivity index (χ3n) is 3.10. The van der Waals surface area contributed by atoms with Gasteiger partial charge in [0.1, 0.15) is 5.78 Å². The number of ketones is 1. The molecule has 0 N–H and O–H groups in total. The number of hydrogen-bond donors (Lipinski definition) is 0. The quantitative estimate of drug-likeness (QED) is 0.722. The van der Waals surface area contributed by atoms with Crippen molar-refractivity contribution >= 4 is 27.9 Å². The lowest BCUT2D eigenvalue weighted by Gasteiger charge is -2.05. The Balaban J connectivity index is 1.83. The highest BCUT2D eigenvalue weighted by Gasteiger charge is 2.09. The minimum Gasteiger partial charge on any atom is -0.299 e. The van der Waals surface area contributed by atoms with Gasteiger partial charge < -0.3 is 0 Å². The summed E-state index contributed by atoms with van der Waals surface area (Å²) in [7, 11) is 0. The van der Waals surface area contributed by atoms with Gasteiger partial charge in [-0.3, -0.25) is 4.79 Å². The highest BCUT2D eigenvalue weighted by atomic mass is 32.1. The number of benzene rings is 2. The van der Waals surface area contributed by atoms with Gasteiger partial charge in [0.15, 0.2) is 0 Å². The zero-order valence-corrected chi connectivity index (χ0v) is 11.2. The highest BCUT2D eigenvalue weighted by molar-refractivity contribution is 7.09. The summed E-state index contributed by atoms with van der Waals surface area (Å²) in [4.78, 5) is 16.2. The molecule has 0 spiro atoms. The first-order valence-corrected chi connectivity index (χ1v) is 7.07. The molecular weight excluding hydrogens is 254 g/mol. The third kappa shape index (κ3) is 2.71. The molecule has 94 valence electrons. The van der Waals surface area contributed by atoms with Gasteiger partial charge in [0.2, 0.25) is 0 Å². The van der Waals surface area contributed by atoms with Gasteiger partial charge in [-0.1, -0.05) is 42.5 Å². The number of carbonyl (C=O) groups excluding carboxylic acids is 1. The van der Waals surface area contributed by atoms with Crippen molar-refractivity contribution in [1.82, 2.24) is 4.98 Å². The maximum absolute atomic E-state index is 12.1. The summed E-state index contributed by atoms with van der Waals surface area (Å²) in [6.45, 7) is 0. The van der Waals surface area contributed by atoms with Gasteiger partial charge in [-0.05, 0) is 16.3 Å². The molecule has 0 aliphatic rings. The molecular formula is C16H13NOS. The van der Waals surface area contributed by atoms with Crippen LogP contribution in [0.3, 0.4) is 0 Å². The molecule has 3 rings (SSSR count). The maximum Gasteiger partial charge on any atom is 0.144 e. The van der Waals surface area contributed by atoms with Gasteiger partial charge in [0.25, 0.3) is 0 Å². The summed E-state index contributed by atoms with van der Waals surface area (Å²) in [5.41, 5.74) is 1.10. The SMILES string of the molecule is O=C(Cc1nccs1)Cc1cccc2ccccc12.